The number of carbonyl (C=O) groups is 1. The first kappa shape index (κ1) is 15.2. The van der Waals surface area contributed by atoms with Gasteiger partial charge in [0.2, 0.25) is 0 Å². The van der Waals surface area contributed by atoms with E-state index in [0.717, 1.165) is 12.1 Å². The molecule has 110 valence electrons. The van der Waals surface area contributed by atoms with Crippen molar-refractivity contribution in [2.75, 3.05) is 19.4 Å². The van der Waals surface area contributed by atoms with Crippen LogP contribution >= 0.6 is 0 Å². The Bertz CT molecular complexity index is 636. The van der Waals surface area contributed by atoms with Gasteiger partial charge in [0.1, 0.15) is 5.82 Å². The molecule has 2 rings (SSSR count). The molecule has 2 aromatic rings. The zero-order valence-electron chi connectivity index (χ0n) is 12.5. The van der Waals surface area contributed by atoms with Crippen LogP contribution in [0.5, 0.6) is 0 Å². The number of nitrogens with one attached hydrogen (secondary N) is 1. The molecule has 0 aliphatic rings. The fourth-order valence-electron chi connectivity index (χ4n) is 2.08. The Morgan fingerprint density at radius 2 is 1.81 bits per heavy atom. The van der Waals surface area contributed by atoms with E-state index >= 15 is 0 Å². The third-order valence-electron chi connectivity index (χ3n) is 3.15. The Kier molecular flexibility index (Phi) is 4.70. The van der Waals surface area contributed by atoms with Crippen LogP contribution in [0.2, 0.25) is 0 Å². The highest BCUT2D eigenvalue weighted by Gasteiger charge is 2.13. The van der Waals surface area contributed by atoms with Crippen molar-refractivity contribution in [3.63, 3.8) is 0 Å². The first-order chi connectivity index (χ1) is 9.97. The van der Waals surface area contributed by atoms with Gasteiger partial charge in [-0.25, -0.2) is 4.39 Å². The Morgan fingerprint density at radius 3 is 2.43 bits per heavy atom. The SMILES string of the molecule is Cc1cccc(C(=O)Nc2ccc(CN(C)C)cc2)c1F. The first-order valence-electron chi connectivity index (χ1n) is 6.77. The van der Waals surface area contributed by atoms with Crippen LogP contribution in [-0.4, -0.2) is 24.9 Å². The summed E-state index contributed by atoms with van der Waals surface area (Å²) in [6, 6.07) is 12.3. The van der Waals surface area contributed by atoms with Crippen LogP contribution in [0.15, 0.2) is 42.5 Å². The summed E-state index contributed by atoms with van der Waals surface area (Å²) in [6.45, 7) is 2.48. The molecule has 1 amide bonds. The standard InChI is InChI=1S/C17H19FN2O/c1-12-5-4-6-15(16(12)18)17(21)19-14-9-7-13(8-10-14)11-20(2)3/h4-10H,11H2,1-3H3,(H,19,21). The maximum Gasteiger partial charge on any atom is 0.258 e. The largest absolute Gasteiger partial charge is 0.322 e. The third-order valence-corrected chi connectivity index (χ3v) is 3.15. The zero-order valence-corrected chi connectivity index (χ0v) is 12.5. The Balaban J connectivity index is 2.11. The van der Waals surface area contributed by atoms with Gasteiger partial charge in [0.25, 0.3) is 5.91 Å². The Morgan fingerprint density at radius 1 is 1.14 bits per heavy atom. The van der Waals surface area contributed by atoms with Gasteiger partial charge >= 0.3 is 0 Å². The van der Waals surface area contributed by atoms with Crippen molar-refractivity contribution in [3.8, 4) is 0 Å². The minimum absolute atomic E-state index is 0.0624. The number of aryl methyl sites for hydroxylation is 1. The molecule has 0 spiro atoms. The molecule has 0 saturated heterocycles. The monoisotopic (exact) mass is 286 g/mol. The lowest BCUT2D eigenvalue weighted by Crippen LogP contribution is -2.14. The van der Waals surface area contributed by atoms with Crippen molar-refractivity contribution in [1.29, 1.82) is 0 Å². The lowest BCUT2D eigenvalue weighted by molar-refractivity contribution is 0.102. The Labute approximate surface area is 124 Å². The molecular weight excluding hydrogens is 267 g/mol. The van der Waals surface area contributed by atoms with Crippen LogP contribution in [0.4, 0.5) is 10.1 Å². The number of carbonyl (C=O) groups excluding carboxylic acids is 1. The summed E-state index contributed by atoms with van der Waals surface area (Å²) in [5.74, 6) is -0.907. The lowest BCUT2D eigenvalue weighted by Gasteiger charge is -2.11. The fourth-order valence-corrected chi connectivity index (χ4v) is 2.08. The molecule has 0 aliphatic heterocycles. The zero-order chi connectivity index (χ0) is 15.4. The van der Waals surface area contributed by atoms with E-state index in [1.807, 2.05) is 38.4 Å². The van der Waals surface area contributed by atoms with Gasteiger partial charge in [-0.1, -0.05) is 24.3 Å². The molecule has 0 radical (unpaired) electrons. The van der Waals surface area contributed by atoms with Gasteiger partial charge in [-0.05, 0) is 50.3 Å². The molecule has 0 atom stereocenters. The van der Waals surface area contributed by atoms with Crippen LogP contribution in [0.3, 0.4) is 0 Å². The molecule has 3 nitrogen and oxygen atoms in total. The van der Waals surface area contributed by atoms with E-state index in [2.05, 4.69) is 10.2 Å². The van der Waals surface area contributed by atoms with E-state index in [4.69, 9.17) is 0 Å². The van der Waals surface area contributed by atoms with E-state index in [9.17, 15) is 9.18 Å². The molecular formula is C17H19FN2O. The molecule has 2 aromatic carbocycles. The summed E-state index contributed by atoms with van der Waals surface area (Å²) in [7, 11) is 3.99. The highest BCUT2D eigenvalue weighted by molar-refractivity contribution is 6.04. The van der Waals surface area contributed by atoms with Crippen molar-refractivity contribution < 1.29 is 9.18 Å². The predicted molar refractivity (Wildman–Crippen MR) is 82.9 cm³/mol. The molecule has 21 heavy (non-hydrogen) atoms. The molecule has 1 N–H and O–H groups in total. The molecule has 0 bridgehead atoms. The van der Waals surface area contributed by atoms with Crippen LogP contribution in [0.1, 0.15) is 21.5 Å². The number of benzene rings is 2. The van der Waals surface area contributed by atoms with Crippen molar-refractivity contribution in [2.24, 2.45) is 0 Å². The molecule has 0 heterocycles. The Hall–Kier alpha value is -2.20. The lowest BCUT2D eigenvalue weighted by atomic mass is 10.1. The molecule has 0 aromatic heterocycles. The third kappa shape index (κ3) is 3.89. The summed E-state index contributed by atoms with van der Waals surface area (Å²) in [5, 5.41) is 2.71. The number of halogens is 1. The normalized spacial score (nSPS) is 10.7. The number of nitrogens with zero attached hydrogens (tertiary/aromatic N) is 1. The quantitative estimate of drug-likeness (QED) is 0.933. The fraction of sp³-hybridized carbons (Fsp3) is 0.235. The van der Waals surface area contributed by atoms with Gasteiger partial charge in [0.15, 0.2) is 0 Å². The van der Waals surface area contributed by atoms with E-state index < -0.39 is 11.7 Å². The first-order valence-corrected chi connectivity index (χ1v) is 6.77. The highest BCUT2D eigenvalue weighted by atomic mass is 19.1. The second kappa shape index (κ2) is 6.50. The minimum Gasteiger partial charge on any atom is -0.322 e. The number of anilines is 1. The summed E-state index contributed by atoms with van der Waals surface area (Å²) in [6.07, 6.45) is 0. The average Bonchev–Trinajstić information content (AvgIpc) is 2.43. The smallest absolute Gasteiger partial charge is 0.258 e. The van der Waals surface area contributed by atoms with Crippen LogP contribution in [-0.2, 0) is 6.54 Å². The average molecular weight is 286 g/mol. The van der Waals surface area contributed by atoms with Gasteiger partial charge in [-0.15, -0.1) is 0 Å². The topological polar surface area (TPSA) is 32.3 Å². The predicted octanol–water partition coefficient (Wildman–Crippen LogP) is 3.45. The number of rotatable bonds is 4. The second-order valence-electron chi connectivity index (χ2n) is 5.33. The van der Waals surface area contributed by atoms with Crippen molar-refractivity contribution in [3.05, 3.63) is 65.0 Å². The minimum atomic E-state index is -0.473. The number of hydrogen-bond acceptors (Lipinski definition) is 2. The summed E-state index contributed by atoms with van der Waals surface area (Å²) < 4.78 is 13.9. The maximum absolute atomic E-state index is 13.9. The van der Waals surface area contributed by atoms with Crippen LogP contribution in [0.25, 0.3) is 0 Å². The highest BCUT2D eigenvalue weighted by Crippen LogP contribution is 2.15. The van der Waals surface area contributed by atoms with Gasteiger partial charge in [0, 0.05) is 12.2 Å². The second-order valence-corrected chi connectivity index (χ2v) is 5.33. The van der Waals surface area contributed by atoms with Crippen LogP contribution < -0.4 is 5.32 Å². The van der Waals surface area contributed by atoms with Crippen molar-refractivity contribution >= 4 is 11.6 Å². The van der Waals surface area contributed by atoms with Gasteiger partial charge in [-0.2, -0.15) is 0 Å². The molecule has 0 unspecified atom stereocenters. The summed E-state index contributed by atoms with van der Waals surface area (Å²) in [5.41, 5.74) is 2.33. The van der Waals surface area contributed by atoms with E-state index in [1.54, 1.807) is 19.1 Å². The van der Waals surface area contributed by atoms with Crippen LogP contribution in [0, 0.1) is 12.7 Å². The molecule has 4 heteroatoms. The number of hydrogen-bond donors (Lipinski definition) is 1. The molecule has 0 fully saturated rings. The molecule has 0 saturated carbocycles. The van der Waals surface area contributed by atoms with Gasteiger partial charge < -0.3 is 10.2 Å². The maximum atomic E-state index is 13.9. The van der Waals surface area contributed by atoms with Gasteiger partial charge in [0.05, 0.1) is 5.56 Å². The van der Waals surface area contributed by atoms with Crippen molar-refractivity contribution in [1.82, 2.24) is 4.90 Å². The van der Waals surface area contributed by atoms with Crippen molar-refractivity contribution in [2.45, 2.75) is 13.5 Å². The number of amides is 1. The van der Waals surface area contributed by atoms with E-state index in [1.165, 1.54) is 6.07 Å². The van der Waals surface area contributed by atoms with Gasteiger partial charge in [-0.3, -0.25) is 4.79 Å². The van der Waals surface area contributed by atoms with E-state index in [0.29, 0.717) is 11.3 Å². The summed E-state index contributed by atoms with van der Waals surface area (Å²) >= 11 is 0. The molecule has 0 aliphatic carbocycles. The summed E-state index contributed by atoms with van der Waals surface area (Å²) in [4.78, 5) is 14.2. The van der Waals surface area contributed by atoms with E-state index in [-0.39, 0.29) is 5.56 Å².